The van der Waals surface area contributed by atoms with Crippen LogP contribution in [0, 0.1) is 0 Å². The van der Waals surface area contributed by atoms with E-state index in [-0.39, 0.29) is 0 Å². The van der Waals surface area contributed by atoms with Crippen LogP contribution in [-0.4, -0.2) is 75.2 Å². The first-order valence-corrected chi connectivity index (χ1v) is 9.53. The summed E-state index contributed by atoms with van der Waals surface area (Å²) in [5, 5.41) is 0. The molecule has 0 aliphatic heterocycles. The second kappa shape index (κ2) is 18.1. The van der Waals surface area contributed by atoms with Gasteiger partial charge in [0.1, 0.15) is 0 Å². The van der Waals surface area contributed by atoms with Crippen LogP contribution < -0.4 is 22.9 Å². The van der Waals surface area contributed by atoms with Crippen molar-refractivity contribution in [3.05, 3.63) is 0 Å². The van der Waals surface area contributed by atoms with E-state index in [0.717, 1.165) is 78.0 Å². The standard InChI is InChI=1S/C17H42N6/c18-8-4-14-22(15-5-9-19)12-2-1-3-13-23(16-6-10-20)17-7-11-21/h1-21H2. The van der Waals surface area contributed by atoms with Gasteiger partial charge in [-0.25, -0.2) is 0 Å². The molecule has 0 spiro atoms. The Morgan fingerprint density at radius 2 is 0.609 bits per heavy atom. The fourth-order valence-electron chi connectivity index (χ4n) is 2.78. The summed E-state index contributed by atoms with van der Waals surface area (Å²) in [5.74, 6) is 0. The van der Waals surface area contributed by atoms with Gasteiger partial charge in [0, 0.05) is 0 Å². The zero-order valence-electron chi connectivity index (χ0n) is 15.2. The van der Waals surface area contributed by atoms with E-state index in [1.165, 1.54) is 32.4 Å². The SMILES string of the molecule is NCCCN(CCCN)CCCCCN(CCCN)CCCN. The number of nitrogens with zero attached hydrogens (tertiary/aromatic N) is 2. The van der Waals surface area contributed by atoms with Crippen molar-refractivity contribution in [3.8, 4) is 0 Å². The first-order chi connectivity index (χ1) is 11.3. The monoisotopic (exact) mass is 330 g/mol. The van der Waals surface area contributed by atoms with Crippen LogP contribution in [0.4, 0.5) is 0 Å². The van der Waals surface area contributed by atoms with Crippen molar-refractivity contribution >= 4 is 0 Å². The molecule has 8 N–H and O–H groups in total. The molecule has 0 aromatic carbocycles. The number of hydrogen-bond acceptors (Lipinski definition) is 6. The van der Waals surface area contributed by atoms with Gasteiger partial charge in [0.2, 0.25) is 0 Å². The van der Waals surface area contributed by atoms with Gasteiger partial charge in [-0.15, -0.1) is 0 Å². The van der Waals surface area contributed by atoms with Gasteiger partial charge in [-0.1, -0.05) is 6.42 Å². The molecule has 0 atom stereocenters. The van der Waals surface area contributed by atoms with Crippen LogP contribution in [0.3, 0.4) is 0 Å². The van der Waals surface area contributed by atoms with Gasteiger partial charge >= 0.3 is 0 Å². The van der Waals surface area contributed by atoms with E-state index in [1.807, 2.05) is 0 Å². The van der Waals surface area contributed by atoms with E-state index in [0.29, 0.717) is 0 Å². The summed E-state index contributed by atoms with van der Waals surface area (Å²) in [7, 11) is 0. The van der Waals surface area contributed by atoms with Crippen molar-refractivity contribution in [2.24, 2.45) is 22.9 Å². The Morgan fingerprint density at radius 1 is 0.348 bits per heavy atom. The summed E-state index contributed by atoms with van der Waals surface area (Å²) >= 11 is 0. The average Bonchev–Trinajstić information content (AvgIpc) is 2.57. The van der Waals surface area contributed by atoms with Gasteiger partial charge in [-0.05, 0) is 104 Å². The third-order valence-corrected chi connectivity index (χ3v) is 4.16. The summed E-state index contributed by atoms with van der Waals surface area (Å²) < 4.78 is 0. The Hall–Kier alpha value is -0.240. The number of hydrogen-bond donors (Lipinski definition) is 4. The molecule has 0 aromatic rings. The highest BCUT2D eigenvalue weighted by Gasteiger charge is 2.06. The second-order valence-electron chi connectivity index (χ2n) is 6.31. The molecule has 0 radical (unpaired) electrons. The predicted molar refractivity (Wildman–Crippen MR) is 101 cm³/mol. The number of nitrogens with two attached hydrogens (primary N) is 4. The molecular formula is C17H42N6. The molecule has 6 heteroatoms. The fraction of sp³-hybridized carbons (Fsp3) is 1.00. The molecule has 0 aliphatic rings. The van der Waals surface area contributed by atoms with E-state index >= 15 is 0 Å². The van der Waals surface area contributed by atoms with Crippen LogP contribution >= 0.6 is 0 Å². The Morgan fingerprint density at radius 3 is 0.870 bits per heavy atom. The molecular weight excluding hydrogens is 288 g/mol. The van der Waals surface area contributed by atoms with Crippen LogP contribution in [0.2, 0.25) is 0 Å². The van der Waals surface area contributed by atoms with E-state index in [9.17, 15) is 0 Å². The topological polar surface area (TPSA) is 111 Å². The van der Waals surface area contributed by atoms with Gasteiger partial charge in [-0.3, -0.25) is 0 Å². The summed E-state index contributed by atoms with van der Waals surface area (Å²) in [6.45, 7) is 9.87. The van der Waals surface area contributed by atoms with Crippen LogP contribution in [0.5, 0.6) is 0 Å². The highest BCUT2D eigenvalue weighted by atomic mass is 15.1. The van der Waals surface area contributed by atoms with E-state index < -0.39 is 0 Å². The lowest BCUT2D eigenvalue weighted by molar-refractivity contribution is 0.247. The Bertz CT molecular complexity index is 189. The number of unbranched alkanes of at least 4 members (excludes halogenated alkanes) is 2. The smallest absolute Gasteiger partial charge is 0.000671 e. The summed E-state index contributed by atoms with van der Waals surface area (Å²) in [4.78, 5) is 5.03. The maximum absolute atomic E-state index is 5.62. The first kappa shape index (κ1) is 22.8. The van der Waals surface area contributed by atoms with Gasteiger partial charge in [0.25, 0.3) is 0 Å². The maximum Gasteiger partial charge on any atom is -0.000671 e. The molecule has 0 rings (SSSR count). The first-order valence-electron chi connectivity index (χ1n) is 9.53. The zero-order valence-corrected chi connectivity index (χ0v) is 15.2. The van der Waals surface area contributed by atoms with Crippen LogP contribution in [0.15, 0.2) is 0 Å². The van der Waals surface area contributed by atoms with Gasteiger partial charge in [0.15, 0.2) is 0 Å². The fourth-order valence-corrected chi connectivity index (χ4v) is 2.78. The van der Waals surface area contributed by atoms with E-state index in [4.69, 9.17) is 22.9 Å². The lowest BCUT2D eigenvalue weighted by Gasteiger charge is -2.23. The Balaban J connectivity index is 3.81. The molecule has 6 nitrogen and oxygen atoms in total. The third kappa shape index (κ3) is 15.1. The minimum Gasteiger partial charge on any atom is -0.330 e. The number of rotatable bonds is 18. The minimum atomic E-state index is 0.774. The highest BCUT2D eigenvalue weighted by Crippen LogP contribution is 2.04. The summed E-state index contributed by atoms with van der Waals surface area (Å²) in [6.07, 6.45) is 8.12. The minimum absolute atomic E-state index is 0.774. The largest absolute Gasteiger partial charge is 0.330 e. The zero-order chi connectivity index (χ0) is 17.2. The molecule has 0 fully saturated rings. The lowest BCUT2D eigenvalue weighted by Crippen LogP contribution is -2.31. The van der Waals surface area contributed by atoms with Crippen LogP contribution in [-0.2, 0) is 0 Å². The molecule has 0 saturated heterocycles. The average molecular weight is 331 g/mol. The van der Waals surface area contributed by atoms with Crippen molar-refractivity contribution in [1.29, 1.82) is 0 Å². The second-order valence-corrected chi connectivity index (χ2v) is 6.31. The van der Waals surface area contributed by atoms with Crippen molar-refractivity contribution in [2.45, 2.75) is 44.9 Å². The predicted octanol–water partition coefficient (Wildman–Crippen LogP) is 0.156. The van der Waals surface area contributed by atoms with E-state index in [2.05, 4.69) is 9.80 Å². The highest BCUT2D eigenvalue weighted by molar-refractivity contribution is 4.62. The molecule has 0 bridgehead atoms. The summed E-state index contributed by atoms with van der Waals surface area (Å²) in [5.41, 5.74) is 22.5. The normalized spacial score (nSPS) is 11.7. The molecule has 0 amide bonds. The molecule has 23 heavy (non-hydrogen) atoms. The van der Waals surface area contributed by atoms with Crippen molar-refractivity contribution in [2.75, 3.05) is 65.4 Å². The summed E-state index contributed by atoms with van der Waals surface area (Å²) in [6, 6.07) is 0. The van der Waals surface area contributed by atoms with Gasteiger partial charge in [0.05, 0.1) is 0 Å². The van der Waals surface area contributed by atoms with Crippen molar-refractivity contribution < 1.29 is 0 Å². The molecule has 140 valence electrons. The molecule has 0 heterocycles. The van der Waals surface area contributed by atoms with Gasteiger partial charge < -0.3 is 32.7 Å². The molecule has 0 aromatic heterocycles. The van der Waals surface area contributed by atoms with E-state index in [1.54, 1.807) is 0 Å². The Kier molecular flexibility index (Phi) is 17.9. The molecule has 0 unspecified atom stereocenters. The van der Waals surface area contributed by atoms with Crippen molar-refractivity contribution in [3.63, 3.8) is 0 Å². The van der Waals surface area contributed by atoms with Gasteiger partial charge in [-0.2, -0.15) is 0 Å². The Labute approximate surface area is 143 Å². The van der Waals surface area contributed by atoms with Crippen LogP contribution in [0.25, 0.3) is 0 Å². The molecule has 0 saturated carbocycles. The quantitative estimate of drug-likeness (QED) is 0.266. The third-order valence-electron chi connectivity index (χ3n) is 4.16. The lowest BCUT2D eigenvalue weighted by atomic mass is 10.2. The van der Waals surface area contributed by atoms with Crippen molar-refractivity contribution in [1.82, 2.24) is 9.80 Å². The maximum atomic E-state index is 5.62. The van der Waals surface area contributed by atoms with Crippen LogP contribution in [0.1, 0.15) is 44.9 Å². The molecule has 0 aliphatic carbocycles.